The molecule has 0 fully saturated rings. The molecule has 0 aliphatic heterocycles. The zero-order valence-corrected chi connectivity index (χ0v) is 12.5. The van der Waals surface area contributed by atoms with Gasteiger partial charge in [-0.15, -0.1) is 6.58 Å². The van der Waals surface area contributed by atoms with E-state index < -0.39 is 0 Å². The number of rotatable bonds is 8. The molecule has 0 bridgehead atoms. The molecule has 0 saturated heterocycles. The van der Waals surface area contributed by atoms with Crippen molar-refractivity contribution in [2.45, 2.75) is 38.1 Å². The van der Waals surface area contributed by atoms with Crippen LogP contribution in [-0.2, 0) is 0 Å². The molecule has 18 heavy (non-hydrogen) atoms. The van der Waals surface area contributed by atoms with Crippen molar-refractivity contribution < 1.29 is 4.39 Å². The molecule has 1 aromatic rings. The Bertz CT molecular complexity index is 379. The van der Waals surface area contributed by atoms with Crippen LogP contribution >= 0.6 is 15.9 Å². The fourth-order valence-corrected chi connectivity index (χ4v) is 2.42. The molecule has 0 radical (unpaired) electrons. The van der Waals surface area contributed by atoms with Crippen LogP contribution in [0.2, 0.25) is 0 Å². The van der Waals surface area contributed by atoms with Crippen LogP contribution in [0.5, 0.6) is 0 Å². The fraction of sp³-hybridized carbons (Fsp3) is 0.467. The van der Waals surface area contributed by atoms with Crippen molar-refractivity contribution in [3.05, 3.63) is 46.7 Å². The predicted molar refractivity (Wildman–Crippen MR) is 79.2 cm³/mol. The van der Waals surface area contributed by atoms with Gasteiger partial charge in [-0.25, -0.2) is 4.39 Å². The van der Waals surface area contributed by atoms with Crippen LogP contribution in [-0.4, -0.2) is 7.05 Å². The molecule has 0 spiro atoms. The van der Waals surface area contributed by atoms with Crippen LogP contribution in [0.3, 0.4) is 0 Å². The first-order chi connectivity index (χ1) is 8.69. The van der Waals surface area contributed by atoms with E-state index >= 15 is 0 Å². The molecule has 0 heterocycles. The van der Waals surface area contributed by atoms with E-state index in [0.717, 1.165) is 18.4 Å². The van der Waals surface area contributed by atoms with E-state index in [0.29, 0.717) is 10.5 Å². The summed E-state index contributed by atoms with van der Waals surface area (Å²) in [5.41, 5.74) is 1.13. The Balaban J connectivity index is 2.49. The van der Waals surface area contributed by atoms with Crippen molar-refractivity contribution in [3.8, 4) is 0 Å². The molecule has 1 aromatic carbocycles. The molecule has 0 saturated carbocycles. The lowest BCUT2D eigenvalue weighted by Crippen LogP contribution is -2.16. The maximum atomic E-state index is 13.2. The van der Waals surface area contributed by atoms with Crippen molar-refractivity contribution in [2.75, 3.05) is 7.05 Å². The van der Waals surface area contributed by atoms with Crippen LogP contribution in [0.15, 0.2) is 35.3 Å². The number of allylic oxidation sites excluding steroid dienone is 1. The summed E-state index contributed by atoms with van der Waals surface area (Å²) in [6.07, 6.45) is 7.72. The van der Waals surface area contributed by atoms with Crippen LogP contribution in [0.25, 0.3) is 0 Å². The number of halogens is 2. The molecule has 100 valence electrons. The maximum Gasteiger partial charge on any atom is 0.137 e. The van der Waals surface area contributed by atoms with Crippen LogP contribution in [0.4, 0.5) is 4.39 Å². The summed E-state index contributed by atoms with van der Waals surface area (Å²) in [6.45, 7) is 3.72. The molecule has 0 aliphatic rings. The fourth-order valence-electron chi connectivity index (χ4n) is 2.02. The quantitative estimate of drug-likeness (QED) is 0.527. The lowest BCUT2D eigenvalue weighted by atomic mass is 10.00. The highest BCUT2D eigenvalue weighted by Crippen LogP contribution is 2.24. The number of hydrogen-bond donors (Lipinski definition) is 1. The first-order valence-electron chi connectivity index (χ1n) is 6.42. The van der Waals surface area contributed by atoms with E-state index in [-0.39, 0.29) is 5.82 Å². The van der Waals surface area contributed by atoms with Gasteiger partial charge in [-0.3, -0.25) is 0 Å². The second-order valence-electron chi connectivity index (χ2n) is 4.44. The molecule has 1 rings (SSSR count). The monoisotopic (exact) mass is 313 g/mol. The molecular weight excluding hydrogens is 293 g/mol. The van der Waals surface area contributed by atoms with Gasteiger partial charge in [0, 0.05) is 6.04 Å². The Morgan fingerprint density at radius 1 is 1.39 bits per heavy atom. The van der Waals surface area contributed by atoms with E-state index in [4.69, 9.17) is 0 Å². The molecule has 3 heteroatoms. The van der Waals surface area contributed by atoms with Crippen molar-refractivity contribution in [3.63, 3.8) is 0 Å². The van der Waals surface area contributed by atoms with Gasteiger partial charge in [0.15, 0.2) is 0 Å². The average molecular weight is 314 g/mol. The maximum absolute atomic E-state index is 13.2. The molecule has 1 N–H and O–H groups in total. The van der Waals surface area contributed by atoms with E-state index in [1.165, 1.54) is 25.3 Å². The van der Waals surface area contributed by atoms with Crippen molar-refractivity contribution in [1.29, 1.82) is 0 Å². The minimum absolute atomic E-state index is 0.209. The van der Waals surface area contributed by atoms with E-state index in [1.54, 1.807) is 0 Å². The summed E-state index contributed by atoms with van der Waals surface area (Å²) >= 11 is 3.23. The number of hydrogen-bond acceptors (Lipinski definition) is 1. The standard InChI is InChI=1S/C15H21BrFN/c1-3-4-5-6-7-8-15(18-2)12-9-10-14(17)13(16)11-12/h3,9-11,15,18H,1,4-8H2,2H3. The van der Waals surface area contributed by atoms with Gasteiger partial charge < -0.3 is 5.32 Å². The van der Waals surface area contributed by atoms with Crippen molar-refractivity contribution in [2.24, 2.45) is 0 Å². The Kier molecular flexibility index (Phi) is 7.21. The summed E-state index contributed by atoms with van der Waals surface area (Å²) in [7, 11) is 1.95. The smallest absolute Gasteiger partial charge is 0.137 e. The third-order valence-electron chi connectivity index (χ3n) is 3.10. The van der Waals surface area contributed by atoms with Gasteiger partial charge >= 0.3 is 0 Å². The number of nitrogens with one attached hydrogen (secondary N) is 1. The second kappa shape index (κ2) is 8.44. The zero-order chi connectivity index (χ0) is 13.4. The Morgan fingerprint density at radius 3 is 2.78 bits per heavy atom. The van der Waals surface area contributed by atoms with Gasteiger partial charge in [-0.1, -0.05) is 25.0 Å². The third-order valence-corrected chi connectivity index (χ3v) is 3.70. The van der Waals surface area contributed by atoms with E-state index in [2.05, 4.69) is 27.8 Å². The average Bonchev–Trinajstić information content (AvgIpc) is 2.37. The highest BCUT2D eigenvalue weighted by atomic mass is 79.9. The van der Waals surface area contributed by atoms with Crippen LogP contribution in [0, 0.1) is 5.82 Å². The molecule has 0 aliphatic carbocycles. The van der Waals surface area contributed by atoms with Gasteiger partial charge in [-0.2, -0.15) is 0 Å². The highest BCUT2D eigenvalue weighted by molar-refractivity contribution is 9.10. The highest BCUT2D eigenvalue weighted by Gasteiger charge is 2.10. The normalized spacial score (nSPS) is 12.4. The van der Waals surface area contributed by atoms with Crippen LogP contribution in [0.1, 0.15) is 43.7 Å². The summed E-state index contributed by atoms with van der Waals surface area (Å²) in [5.74, 6) is -0.209. The molecule has 1 nitrogen and oxygen atoms in total. The molecule has 0 amide bonds. The molecule has 1 atom stereocenters. The van der Waals surface area contributed by atoms with Gasteiger partial charge in [0.25, 0.3) is 0 Å². The Morgan fingerprint density at radius 2 is 2.17 bits per heavy atom. The first kappa shape index (κ1) is 15.4. The summed E-state index contributed by atoms with van der Waals surface area (Å²) in [6, 6.07) is 5.53. The van der Waals surface area contributed by atoms with Gasteiger partial charge in [-0.05, 0) is 59.9 Å². The van der Waals surface area contributed by atoms with Gasteiger partial charge in [0.05, 0.1) is 4.47 Å². The molecule has 1 unspecified atom stereocenters. The Labute approximate surface area is 118 Å². The van der Waals surface area contributed by atoms with E-state index in [1.807, 2.05) is 25.3 Å². The van der Waals surface area contributed by atoms with Crippen molar-refractivity contribution >= 4 is 15.9 Å². The SMILES string of the molecule is C=CCCCCCC(NC)c1ccc(F)c(Br)c1. The second-order valence-corrected chi connectivity index (χ2v) is 5.30. The minimum Gasteiger partial charge on any atom is -0.313 e. The van der Waals surface area contributed by atoms with E-state index in [9.17, 15) is 4.39 Å². The molecular formula is C15H21BrFN. The summed E-state index contributed by atoms with van der Waals surface area (Å²) in [4.78, 5) is 0. The van der Waals surface area contributed by atoms with Crippen LogP contribution < -0.4 is 5.32 Å². The van der Waals surface area contributed by atoms with Gasteiger partial charge in [0.2, 0.25) is 0 Å². The summed E-state index contributed by atoms with van der Waals surface area (Å²) < 4.78 is 13.7. The zero-order valence-electron chi connectivity index (χ0n) is 10.9. The first-order valence-corrected chi connectivity index (χ1v) is 7.21. The van der Waals surface area contributed by atoms with Gasteiger partial charge in [0.1, 0.15) is 5.82 Å². The predicted octanol–water partition coefficient (Wildman–Crippen LogP) is 4.99. The third kappa shape index (κ3) is 4.91. The lowest BCUT2D eigenvalue weighted by Gasteiger charge is -2.17. The van der Waals surface area contributed by atoms with Crippen molar-refractivity contribution in [1.82, 2.24) is 5.32 Å². The summed E-state index contributed by atoms with van der Waals surface area (Å²) in [5, 5.41) is 3.29. The number of unbranched alkanes of at least 4 members (excludes halogenated alkanes) is 3. The largest absolute Gasteiger partial charge is 0.313 e. The molecule has 0 aromatic heterocycles. The Hall–Kier alpha value is -0.670. The lowest BCUT2D eigenvalue weighted by molar-refractivity contribution is 0.506. The number of benzene rings is 1. The topological polar surface area (TPSA) is 12.0 Å². The minimum atomic E-state index is -0.209.